The maximum absolute atomic E-state index is 14.5. The highest BCUT2D eigenvalue weighted by molar-refractivity contribution is 6.13. The van der Waals surface area contributed by atoms with E-state index in [4.69, 9.17) is 4.74 Å². The molecule has 0 saturated carbocycles. The molecule has 0 unspecified atom stereocenters. The summed E-state index contributed by atoms with van der Waals surface area (Å²) in [4.78, 5) is 28.3. The molecule has 0 radical (unpaired) electrons. The molecule has 1 aliphatic heterocycles. The van der Waals surface area contributed by atoms with Crippen LogP contribution in [0.15, 0.2) is 30.6 Å². The third-order valence-corrected chi connectivity index (χ3v) is 5.78. The van der Waals surface area contributed by atoms with Gasteiger partial charge in [0.15, 0.2) is 11.5 Å². The van der Waals surface area contributed by atoms with E-state index in [1.807, 2.05) is 6.07 Å². The smallest absolute Gasteiger partial charge is 0.316 e. The van der Waals surface area contributed by atoms with E-state index >= 15 is 0 Å². The number of fused-ring (bicyclic) bond motifs is 2. The van der Waals surface area contributed by atoms with Crippen molar-refractivity contribution in [1.29, 1.82) is 0 Å². The second-order valence-electron chi connectivity index (χ2n) is 8.58. The van der Waals surface area contributed by atoms with Crippen LogP contribution in [0.3, 0.4) is 0 Å². The zero-order valence-electron chi connectivity index (χ0n) is 19.3. The lowest BCUT2D eigenvalue weighted by Crippen LogP contribution is -2.54. The van der Waals surface area contributed by atoms with Gasteiger partial charge in [0.05, 0.1) is 30.1 Å². The molecule has 176 valence electrons. The van der Waals surface area contributed by atoms with Gasteiger partial charge in [-0.1, -0.05) is 0 Å². The van der Waals surface area contributed by atoms with Crippen molar-refractivity contribution >= 4 is 33.8 Å². The van der Waals surface area contributed by atoms with Gasteiger partial charge in [-0.05, 0) is 32.9 Å². The van der Waals surface area contributed by atoms with Gasteiger partial charge in [0.2, 0.25) is 0 Å². The Morgan fingerprint density at radius 1 is 1.24 bits per heavy atom. The van der Waals surface area contributed by atoms with E-state index in [1.54, 1.807) is 19.2 Å². The Hall–Kier alpha value is -3.86. The Morgan fingerprint density at radius 3 is 2.74 bits per heavy atom. The van der Waals surface area contributed by atoms with Gasteiger partial charge in [-0.25, -0.2) is 18.9 Å². The highest BCUT2D eigenvalue weighted by Crippen LogP contribution is 2.31. The van der Waals surface area contributed by atoms with E-state index in [9.17, 15) is 9.18 Å². The molecule has 1 amide bonds. The molecule has 0 bridgehead atoms. The highest BCUT2D eigenvalue weighted by atomic mass is 19.1. The summed E-state index contributed by atoms with van der Waals surface area (Å²) in [5.74, 6) is -0.580. The number of carbonyl (C=O) groups excluding carboxylic acids is 1. The molecule has 34 heavy (non-hydrogen) atoms. The molecular weight excluding hydrogens is 439 g/mol. The molecule has 4 heterocycles. The van der Waals surface area contributed by atoms with Crippen molar-refractivity contribution in [3.05, 3.63) is 47.8 Å². The summed E-state index contributed by atoms with van der Waals surface area (Å²) in [5, 5.41) is 11.1. The van der Waals surface area contributed by atoms with Gasteiger partial charge in [0.25, 0.3) is 5.91 Å². The number of piperazine rings is 1. The van der Waals surface area contributed by atoms with Crippen LogP contribution < -0.4 is 20.3 Å². The number of nitrogens with zero attached hydrogens (tertiary/aromatic N) is 6. The molecule has 1 fully saturated rings. The minimum Gasteiger partial charge on any atom is -0.467 e. The normalized spacial score (nSPS) is 18.4. The number of aromatic nitrogens is 5. The minimum absolute atomic E-state index is 0.0993. The van der Waals surface area contributed by atoms with E-state index in [-0.39, 0.29) is 17.3 Å². The highest BCUT2D eigenvalue weighted by Gasteiger charge is 2.25. The molecule has 1 aromatic carbocycles. The third-order valence-electron chi connectivity index (χ3n) is 5.78. The largest absolute Gasteiger partial charge is 0.467 e. The first-order valence-corrected chi connectivity index (χ1v) is 11.0. The number of pyridine rings is 1. The van der Waals surface area contributed by atoms with Crippen LogP contribution in [0.5, 0.6) is 6.01 Å². The number of rotatable bonds is 4. The molecule has 4 aromatic rings. The Labute approximate surface area is 195 Å². The SMILES string of the molecule is COc1ncc2c(N3C[C@@H](C)N[C@@H](C)C3)ccc(C(=O)Nc3cc(F)c4nc(C)nn4c3)c2n1. The first-order chi connectivity index (χ1) is 16.3. The maximum atomic E-state index is 14.5. The Kier molecular flexibility index (Phi) is 5.48. The molecular formula is C23H25FN8O2. The zero-order valence-corrected chi connectivity index (χ0v) is 19.3. The second-order valence-corrected chi connectivity index (χ2v) is 8.58. The number of nitrogens with one attached hydrogen (secondary N) is 2. The number of anilines is 2. The molecule has 5 rings (SSSR count). The van der Waals surface area contributed by atoms with Gasteiger partial charge in [0, 0.05) is 48.5 Å². The van der Waals surface area contributed by atoms with Crippen molar-refractivity contribution in [3.8, 4) is 6.01 Å². The predicted molar refractivity (Wildman–Crippen MR) is 126 cm³/mol. The van der Waals surface area contributed by atoms with Crippen molar-refractivity contribution < 1.29 is 13.9 Å². The summed E-state index contributed by atoms with van der Waals surface area (Å²) in [6.07, 6.45) is 3.19. The molecule has 1 aliphatic rings. The number of amides is 1. The fraction of sp³-hybridized carbons (Fsp3) is 0.348. The lowest BCUT2D eigenvalue weighted by Gasteiger charge is -2.38. The third kappa shape index (κ3) is 3.98. The maximum Gasteiger partial charge on any atom is 0.316 e. The van der Waals surface area contributed by atoms with Crippen molar-refractivity contribution in [2.45, 2.75) is 32.9 Å². The Balaban J connectivity index is 1.54. The Bertz CT molecular complexity index is 1400. The number of hydrogen-bond donors (Lipinski definition) is 2. The van der Waals surface area contributed by atoms with Gasteiger partial charge >= 0.3 is 6.01 Å². The summed E-state index contributed by atoms with van der Waals surface area (Å²) in [5.41, 5.74) is 2.08. The van der Waals surface area contributed by atoms with Crippen LogP contribution in [0.1, 0.15) is 30.0 Å². The van der Waals surface area contributed by atoms with Gasteiger partial charge in [-0.15, -0.1) is 0 Å². The van der Waals surface area contributed by atoms with E-state index < -0.39 is 11.7 Å². The quantitative estimate of drug-likeness (QED) is 0.474. The fourth-order valence-corrected chi connectivity index (χ4v) is 4.49. The van der Waals surface area contributed by atoms with Crippen LogP contribution in [-0.4, -0.2) is 62.8 Å². The van der Waals surface area contributed by atoms with Crippen molar-refractivity contribution in [2.75, 3.05) is 30.4 Å². The molecule has 10 nitrogen and oxygen atoms in total. The summed E-state index contributed by atoms with van der Waals surface area (Å²) in [6.45, 7) is 7.57. The number of hydrogen-bond acceptors (Lipinski definition) is 8. The standard InChI is InChI=1S/C23H25FN8O2/c1-12-9-31(10-13(2)26-12)19-6-5-16(20-17(19)8-25-23(29-20)34-4)22(33)28-15-7-18(24)21-27-14(3)30-32(21)11-15/h5-8,11-13,26H,9-10H2,1-4H3,(H,28,33)/t12-,13+. The van der Waals surface area contributed by atoms with Crippen LogP contribution in [0.25, 0.3) is 16.6 Å². The van der Waals surface area contributed by atoms with Crippen molar-refractivity contribution in [1.82, 2.24) is 29.9 Å². The van der Waals surface area contributed by atoms with Crippen LogP contribution in [0.2, 0.25) is 0 Å². The van der Waals surface area contributed by atoms with Crippen LogP contribution in [0.4, 0.5) is 15.8 Å². The van der Waals surface area contributed by atoms with Crippen LogP contribution >= 0.6 is 0 Å². The number of halogens is 1. The van der Waals surface area contributed by atoms with Crippen LogP contribution in [0, 0.1) is 12.7 Å². The van der Waals surface area contributed by atoms with E-state index in [0.29, 0.717) is 29.0 Å². The molecule has 0 aliphatic carbocycles. The summed E-state index contributed by atoms with van der Waals surface area (Å²) >= 11 is 0. The molecule has 2 N–H and O–H groups in total. The molecule has 2 atom stereocenters. The first kappa shape index (κ1) is 22.0. The van der Waals surface area contributed by atoms with Crippen molar-refractivity contribution in [3.63, 3.8) is 0 Å². The number of carbonyl (C=O) groups is 1. The molecule has 0 spiro atoms. The van der Waals surface area contributed by atoms with Crippen LogP contribution in [-0.2, 0) is 0 Å². The monoisotopic (exact) mass is 464 g/mol. The minimum atomic E-state index is -0.579. The topological polar surface area (TPSA) is 110 Å². The first-order valence-electron chi connectivity index (χ1n) is 11.0. The molecule has 3 aromatic heterocycles. The van der Waals surface area contributed by atoms with Gasteiger partial charge in [-0.2, -0.15) is 10.1 Å². The lowest BCUT2D eigenvalue weighted by molar-refractivity contribution is 0.102. The zero-order chi connectivity index (χ0) is 24.0. The van der Waals surface area contributed by atoms with E-state index in [1.165, 1.54) is 23.9 Å². The Morgan fingerprint density at radius 2 is 2.00 bits per heavy atom. The van der Waals surface area contributed by atoms with Crippen molar-refractivity contribution in [2.24, 2.45) is 0 Å². The molecule has 11 heteroatoms. The lowest BCUT2D eigenvalue weighted by atomic mass is 10.0. The predicted octanol–water partition coefficient (Wildman–Crippen LogP) is 2.57. The summed E-state index contributed by atoms with van der Waals surface area (Å²) in [6, 6.07) is 5.63. The number of methoxy groups -OCH3 is 1. The average Bonchev–Trinajstić information content (AvgIpc) is 3.18. The molecule has 1 saturated heterocycles. The average molecular weight is 465 g/mol. The van der Waals surface area contributed by atoms with Gasteiger partial charge < -0.3 is 20.3 Å². The van der Waals surface area contributed by atoms with E-state index in [0.717, 1.165) is 24.2 Å². The summed E-state index contributed by atoms with van der Waals surface area (Å²) in [7, 11) is 1.47. The van der Waals surface area contributed by atoms with Gasteiger partial charge in [-0.3, -0.25) is 4.79 Å². The number of benzene rings is 1. The van der Waals surface area contributed by atoms with Gasteiger partial charge in [0.1, 0.15) is 5.82 Å². The fourth-order valence-electron chi connectivity index (χ4n) is 4.49. The number of aryl methyl sites for hydroxylation is 1. The number of ether oxygens (including phenoxy) is 1. The summed E-state index contributed by atoms with van der Waals surface area (Å²) < 4.78 is 21.0. The second kappa shape index (κ2) is 8.49. The van der Waals surface area contributed by atoms with E-state index in [2.05, 4.69) is 49.4 Å².